The molecule has 21 heavy (non-hydrogen) atoms. The van der Waals surface area contributed by atoms with Gasteiger partial charge in [0.25, 0.3) is 0 Å². The predicted molar refractivity (Wildman–Crippen MR) is 86.5 cm³/mol. The predicted octanol–water partition coefficient (Wildman–Crippen LogP) is 1.88. The molecule has 0 amide bonds. The number of likely N-dealkylation sites (tertiary alicyclic amines) is 1. The van der Waals surface area contributed by atoms with Gasteiger partial charge in [0.2, 0.25) is 0 Å². The van der Waals surface area contributed by atoms with E-state index in [4.69, 9.17) is 9.84 Å². The molecule has 2 N–H and O–H groups in total. The van der Waals surface area contributed by atoms with E-state index in [1.807, 2.05) is 0 Å². The Morgan fingerprint density at radius 2 is 1.90 bits per heavy atom. The van der Waals surface area contributed by atoms with E-state index < -0.39 is 0 Å². The molecule has 4 nitrogen and oxygen atoms in total. The van der Waals surface area contributed by atoms with Crippen molar-refractivity contribution in [3.8, 4) is 0 Å². The van der Waals surface area contributed by atoms with Crippen LogP contribution in [0.2, 0.25) is 0 Å². The van der Waals surface area contributed by atoms with Crippen molar-refractivity contribution in [2.75, 3.05) is 45.9 Å². The minimum atomic E-state index is 0.292. The molecule has 2 aliphatic rings. The molecule has 2 rings (SSSR count). The molecule has 1 aliphatic heterocycles. The van der Waals surface area contributed by atoms with Crippen molar-refractivity contribution in [1.29, 1.82) is 0 Å². The monoisotopic (exact) mass is 298 g/mol. The Morgan fingerprint density at radius 1 is 1.14 bits per heavy atom. The summed E-state index contributed by atoms with van der Waals surface area (Å²) in [6.45, 7) is 8.71. The smallest absolute Gasteiger partial charge is 0.0601 e. The Kier molecular flexibility index (Phi) is 8.01. The molecule has 124 valence electrons. The lowest BCUT2D eigenvalue weighted by molar-refractivity contribution is -0.00351. The van der Waals surface area contributed by atoms with Gasteiger partial charge >= 0.3 is 0 Å². The lowest BCUT2D eigenvalue weighted by Gasteiger charge is -2.31. The molecule has 2 fully saturated rings. The zero-order chi connectivity index (χ0) is 14.9. The molecule has 0 bridgehead atoms. The highest BCUT2D eigenvalue weighted by molar-refractivity contribution is 4.74. The van der Waals surface area contributed by atoms with Crippen LogP contribution < -0.4 is 5.32 Å². The maximum absolute atomic E-state index is 8.94. The van der Waals surface area contributed by atoms with Gasteiger partial charge < -0.3 is 20.1 Å². The van der Waals surface area contributed by atoms with Crippen LogP contribution in [-0.2, 0) is 4.74 Å². The molecule has 0 radical (unpaired) electrons. The van der Waals surface area contributed by atoms with Crippen LogP contribution in [0.4, 0.5) is 0 Å². The first-order chi connectivity index (χ1) is 10.3. The second kappa shape index (κ2) is 9.78. The molecular weight excluding hydrogens is 264 g/mol. The summed E-state index contributed by atoms with van der Waals surface area (Å²) in [6.07, 6.45) is 8.33. The van der Waals surface area contributed by atoms with Crippen LogP contribution in [0.15, 0.2) is 0 Å². The van der Waals surface area contributed by atoms with Crippen LogP contribution in [0.5, 0.6) is 0 Å². The SMILES string of the molecule is C[C@H]1CCCC[C@@H]1OCCNCC1CCN(CCO)CC1. The number of aliphatic hydroxyl groups excluding tert-OH is 1. The molecular formula is C17H34N2O2. The van der Waals surface area contributed by atoms with E-state index in [1.165, 1.54) is 38.5 Å². The summed E-state index contributed by atoms with van der Waals surface area (Å²) < 4.78 is 6.04. The minimum absolute atomic E-state index is 0.292. The minimum Gasteiger partial charge on any atom is -0.395 e. The molecule has 4 heteroatoms. The number of β-amino-alcohol motifs (C(OH)–C–C–N with tert-alkyl or cyclic N) is 1. The Hall–Kier alpha value is -0.160. The number of hydrogen-bond donors (Lipinski definition) is 2. The third-order valence-corrected chi connectivity index (χ3v) is 5.20. The molecule has 1 heterocycles. The highest BCUT2D eigenvalue weighted by Crippen LogP contribution is 2.26. The Bertz CT molecular complexity index is 268. The second-order valence-electron chi connectivity index (χ2n) is 6.88. The second-order valence-corrected chi connectivity index (χ2v) is 6.88. The highest BCUT2D eigenvalue weighted by atomic mass is 16.5. The molecule has 0 aromatic rings. The maximum atomic E-state index is 8.94. The van der Waals surface area contributed by atoms with Crippen LogP contribution >= 0.6 is 0 Å². The zero-order valence-electron chi connectivity index (χ0n) is 13.7. The van der Waals surface area contributed by atoms with Gasteiger partial charge in [0.1, 0.15) is 0 Å². The van der Waals surface area contributed by atoms with Gasteiger partial charge in [-0.05, 0) is 57.2 Å². The highest BCUT2D eigenvalue weighted by Gasteiger charge is 2.21. The van der Waals surface area contributed by atoms with Crippen molar-refractivity contribution < 1.29 is 9.84 Å². The molecule has 0 spiro atoms. The van der Waals surface area contributed by atoms with Gasteiger partial charge in [-0.25, -0.2) is 0 Å². The summed E-state index contributed by atoms with van der Waals surface area (Å²) in [7, 11) is 0. The van der Waals surface area contributed by atoms with Gasteiger partial charge in [0, 0.05) is 13.1 Å². The lowest BCUT2D eigenvalue weighted by Crippen LogP contribution is -2.39. The van der Waals surface area contributed by atoms with Crippen molar-refractivity contribution >= 4 is 0 Å². The van der Waals surface area contributed by atoms with Crippen molar-refractivity contribution in [2.24, 2.45) is 11.8 Å². The van der Waals surface area contributed by atoms with E-state index in [1.54, 1.807) is 0 Å². The largest absolute Gasteiger partial charge is 0.395 e. The maximum Gasteiger partial charge on any atom is 0.0601 e. The molecule has 1 aliphatic carbocycles. The number of piperidine rings is 1. The van der Waals surface area contributed by atoms with E-state index in [9.17, 15) is 0 Å². The summed E-state index contributed by atoms with van der Waals surface area (Å²) in [6, 6.07) is 0. The van der Waals surface area contributed by atoms with E-state index in [2.05, 4.69) is 17.1 Å². The first-order valence-electron chi connectivity index (χ1n) is 8.95. The Balaban J connectivity index is 1.47. The van der Waals surface area contributed by atoms with Crippen molar-refractivity contribution in [3.05, 3.63) is 0 Å². The molecule has 2 atom stereocenters. The van der Waals surface area contributed by atoms with E-state index in [0.717, 1.165) is 51.2 Å². The van der Waals surface area contributed by atoms with Crippen molar-refractivity contribution in [3.63, 3.8) is 0 Å². The van der Waals surface area contributed by atoms with Crippen LogP contribution in [0.1, 0.15) is 45.4 Å². The molecule has 0 aromatic heterocycles. The summed E-state index contributed by atoms with van der Waals surface area (Å²) in [5.74, 6) is 1.54. The first-order valence-corrected chi connectivity index (χ1v) is 8.95. The first kappa shape index (κ1) is 17.2. The summed E-state index contributed by atoms with van der Waals surface area (Å²) in [5.41, 5.74) is 0. The van der Waals surface area contributed by atoms with E-state index in [-0.39, 0.29) is 0 Å². The third-order valence-electron chi connectivity index (χ3n) is 5.20. The van der Waals surface area contributed by atoms with Gasteiger partial charge in [-0.2, -0.15) is 0 Å². The fraction of sp³-hybridized carbons (Fsp3) is 1.00. The van der Waals surface area contributed by atoms with Gasteiger partial charge in [-0.3, -0.25) is 0 Å². The van der Waals surface area contributed by atoms with Crippen molar-refractivity contribution in [2.45, 2.75) is 51.6 Å². The number of hydrogen-bond acceptors (Lipinski definition) is 4. The van der Waals surface area contributed by atoms with Gasteiger partial charge in [-0.1, -0.05) is 19.8 Å². The fourth-order valence-electron chi connectivity index (χ4n) is 3.67. The Morgan fingerprint density at radius 3 is 2.62 bits per heavy atom. The fourth-order valence-corrected chi connectivity index (χ4v) is 3.67. The topological polar surface area (TPSA) is 44.7 Å². The number of ether oxygens (including phenoxy) is 1. The van der Waals surface area contributed by atoms with Crippen LogP contribution in [0, 0.1) is 11.8 Å². The number of nitrogens with zero attached hydrogens (tertiary/aromatic N) is 1. The number of aliphatic hydroxyl groups is 1. The number of nitrogens with one attached hydrogen (secondary N) is 1. The summed E-state index contributed by atoms with van der Waals surface area (Å²) in [4.78, 5) is 2.37. The lowest BCUT2D eigenvalue weighted by atomic mass is 9.88. The molecule has 1 saturated heterocycles. The average Bonchev–Trinajstić information content (AvgIpc) is 2.51. The quantitative estimate of drug-likeness (QED) is 0.672. The van der Waals surface area contributed by atoms with Gasteiger partial charge in [0.05, 0.1) is 19.3 Å². The van der Waals surface area contributed by atoms with Crippen LogP contribution in [0.25, 0.3) is 0 Å². The molecule has 0 unspecified atom stereocenters. The standard InChI is InChI=1S/C17H34N2O2/c1-15-4-2-3-5-17(15)21-13-8-18-14-16-6-9-19(10-7-16)11-12-20/h15-18,20H,2-14H2,1H3/t15-,17-/m0/s1. The normalized spacial score (nSPS) is 28.9. The summed E-state index contributed by atoms with van der Waals surface area (Å²) in [5, 5.41) is 12.5. The van der Waals surface area contributed by atoms with Gasteiger partial charge in [0.15, 0.2) is 0 Å². The Labute approximate surface area is 130 Å². The zero-order valence-corrected chi connectivity index (χ0v) is 13.7. The van der Waals surface area contributed by atoms with Crippen molar-refractivity contribution in [1.82, 2.24) is 10.2 Å². The number of rotatable bonds is 8. The molecule has 1 saturated carbocycles. The van der Waals surface area contributed by atoms with Crippen LogP contribution in [0.3, 0.4) is 0 Å². The third kappa shape index (κ3) is 6.23. The summed E-state index contributed by atoms with van der Waals surface area (Å²) >= 11 is 0. The van der Waals surface area contributed by atoms with E-state index in [0.29, 0.717) is 12.7 Å². The average molecular weight is 298 g/mol. The van der Waals surface area contributed by atoms with Crippen LogP contribution in [-0.4, -0.2) is 62.0 Å². The molecule has 0 aromatic carbocycles. The van der Waals surface area contributed by atoms with Gasteiger partial charge in [-0.15, -0.1) is 0 Å². The van der Waals surface area contributed by atoms with E-state index >= 15 is 0 Å².